The van der Waals surface area contributed by atoms with Crippen LogP contribution in [0.15, 0.2) is 95.2 Å². The summed E-state index contributed by atoms with van der Waals surface area (Å²) in [6.07, 6.45) is 0. The normalized spacial score (nSPS) is 11.0. The largest absolute Gasteiger partial charge is 0.302 e. The number of anilines is 3. The Morgan fingerprint density at radius 2 is 1.29 bits per heavy atom. The van der Waals surface area contributed by atoms with Crippen LogP contribution in [0.4, 0.5) is 32.8 Å². The molecule has 0 aliphatic rings. The molecular formula is C24H20N4O2S. The van der Waals surface area contributed by atoms with Gasteiger partial charge in [-0.15, -0.1) is 10.2 Å². The Balaban J connectivity index is 1.63. The number of nitro benzene ring substituents is 1. The number of nitrogens with zero attached hydrogens (tertiary/aromatic N) is 4. The first-order chi connectivity index (χ1) is 15.0. The molecule has 154 valence electrons. The molecule has 0 unspecified atom stereocenters. The molecule has 4 aromatic rings. The van der Waals surface area contributed by atoms with Crippen LogP contribution < -0.4 is 4.90 Å². The predicted molar refractivity (Wildman–Crippen MR) is 126 cm³/mol. The van der Waals surface area contributed by atoms with Crippen LogP contribution in [0.3, 0.4) is 0 Å². The van der Waals surface area contributed by atoms with Gasteiger partial charge in [0.1, 0.15) is 10.0 Å². The van der Waals surface area contributed by atoms with E-state index >= 15 is 0 Å². The minimum Gasteiger partial charge on any atom is -0.302 e. The summed E-state index contributed by atoms with van der Waals surface area (Å²) in [4.78, 5) is 12.5. The van der Waals surface area contributed by atoms with Gasteiger partial charge in [0, 0.05) is 23.5 Å². The fourth-order valence-electron chi connectivity index (χ4n) is 3.03. The van der Waals surface area contributed by atoms with Crippen molar-refractivity contribution in [2.75, 3.05) is 4.90 Å². The number of azo groups is 1. The molecule has 7 heteroatoms. The first-order valence-corrected chi connectivity index (χ1v) is 10.5. The number of nitro groups is 1. The Bertz CT molecular complexity index is 1170. The highest BCUT2D eigenvalue weighted by Gasteiger charge is 2.14. The zero-order valence-corrected chi connectivity index (χ0v) is 17.9. The fourth-order valence-corrected chi connectivity index (χ4v) is 3.90. The van der Waals surface area contributed by atoms with Gasteiger partial charge in [0.15, 0.2) is 0 Å². The van der Waals surface area contributed by atoms with Gasteiger partial charge in [-0.3, -0.25) is 10.1 Å². The SMILES string of the molecule is Cc1ccc(N(c2ccc(C)cc2)c2ccc(N=Nc3ccc([N+](=O)[O-])cc3)s2)cc1. The van der Waals surface area contributed by atoms with E-state index in [0.29, 0.717) is 5.69 Å². The van der Waals surface area contributed by atoms with Crippen LogP contribution >= 0.6 is 11.3 Å². The average Bonchev–Trinajstić information content (AvgIpc) is 3.24. The van der Waals surface area contributed by atoms with E-state index in [1.807, 2.05) is 12.1 Å². The second-order valence-corrected chi connectivity index (χ2v) is 8.13. The maximum atomic E-state index is 10.8. The molecule has 0 bridgehead atoms. The van der Waals surface area contributed by atoms with E-state index in [1.165, 1.54) is 34.6 Å². The van der Waals surface area contributed by atoms with Gasteiger partial charge in [-0.05, 0) is 62.4 Å². The number of aryl methyl sites for hydroxylation is 2. The van der Waals surface area contributed by atoms with E-state index < -0.39 is 4.92 Å². The summed E-state index contributed by atoms with van der Waals surface area (Å²) in [6, 6.07) is 26.8. The molecule has 0 saturated heterocycles. The third kappa shape index (κ3) is 4.84. The van der Waals surface area contributed by atoms with Crippen LogP contribution in [0, 0.1) is 24.0 Å². The van der Waals surface area contributed by atoms with Gasteiger partial charge >= 0.3 is 0 Å². The highest BCUT2D eigenvalue weighted by Crippen LogP contribution is 2.41. The van der Waals surface area contributed by atoms with Crippen LogP contribution in [0.1, 0.15) is 11.1 Å². The van der Waals surface area contributed by atoms with E-state index in [1.54, 1.807) is 12.1 Å². The van der Waals surface area contributed by atoms with Gasteiger partial charge in [0.05, 0.1) is 10.6 Å². The van der Waals surface area contributed by atoms with Gasteiger partial charge in [-0.25, -0.2) is 0 Å². The van der Waals surface area contributed by atoms with Crippen molar-refractivity contribution in [1.29, 1.82) is 0 Å². The first-order valence-electron chi connectivity index (χ1n) is 9.69. The van der Waals surface area contributed by atoms with Crippen LogP contribution in [0.25, 0.3) is 0 Å². The predicted octanol–water partition coefficient (Wildman–Crippen LogP) is 8.16. The molecule has 0 aliphatic heterocycles. The minimum atomic E-state index is -0.433. The number of non-ortho nitro benzene ring substituents is 1. The van der Waals surface area contributed by atoms with Crippen molar-refractivity contribution >= 4 is 44.1 Å². The second-order valence-electron chi connectivity index (χ2n) is 7.09. The van der Waals surface area contributed by atoms with E-state index in [0.717, 1.165) is 21.4 Å². The molecule has 1 aromatic heterocycles. The summed E-state index contributed by atoms with van der Waals surface area (Å²) in [5.41, 5.74) is 5.14. The molecule has 31 heavy (non-hydrogen) atoms. The molecule has 4 rings (SSSR count). The van der Waals surface area contributed by atoms with Crippen molar-refractivity contribution in [2.45, 2.75) is 13.8 Å². The van der Waals surface area contributed by atoms with Crippen LogP contribution in [0.5, 0.6) is 0 Å². The summed E-state index contributed by atoms with van der Waals surface area (Å²) in [7, 11) is 0. The van der Waals surface area contributed by atoms with Crippen molar-refractivity contribution in [3.8, 4) is 0 Å². The molecule has 0 radical (unpaired) electrons. The summed E-state index contributed by atoms with van der Waals surface area (Å²) in [5.74, 6) is 0. The molecule has 6 nitrogen and oxygen atoms in total. The van der Waals surface area contributed by atoms with E-state index in [-0.39, 0.29) is 5.69 Å². The van der Waals surface area contributed by atoms with Gasteiger partial charge in [-0.1, -0.05) is 46.7 Å². The zero-order chi connectivity index (χ0) is 21.8. The van der Waals surface area contributed by atoms with Crippen molar-refractivity contribution in [3.05, 3.63) is 106 Å². The third-order valence-corrected chi connectivity index (χ3v) is 5.66. The second kappa shape index (κ2) is 8.89. The first kappa shape index (κ1) is 20.4. The summed E-state index contributed by atoms with van der Waals surface area (Å²) >= 11 is 1.52. The Kier molecular flexibility index (Phi) is 5.86. The molecular weight excluding hydrogens is 408 g/mol. The van der Waals surface area contributed by atoms with Gasteiger partial charge in [-0.2, -0.15) is 0 Å². The molecule has 0 amide bonds. The fraction of sp³-hybridized carbons (Fsp3) is 0.0833. The summed E-state index contributed by atoms with van der Waals surface area (Å²) in [6.45, 7) is 4.14. The maximum Gasteiger partial charge on any atom is 0.269 e. The van der Waals surface area contributed by atoms with E-state index in [4.69, 9.17) is 0 Å². The molecule has 1 heterocycles. The summed E-state index contributed by atoms with van der Waals surface area (Å²) < 4.78 is 0. The van der Waals surface area contributed by atoms with Gasteiger partial charge < -0.3 is 4.90 Å². The number of hydrogen-bond acceptors (Lipinski definition) is 6. The average molecular weight is 429 g/mol. The van der Waals surface area contributed by atoms with E-state index in [2.05, 4.69) is 77.5 Å². The minimum absolute atomic E-state index is 0.0317. The molecule has 3 aromatic carbocycles. The zero-order valence-electron chi connectivity index (χ0n) is 17.1. The number of rotatable bonds is 6. The smallest absolute Gasteiger partial charge is 0.269 e. The van der Waals surface area contributed by atoms with Crippen molar-refractivity contribution in [2.24, 2.45) is 10.2 Å². The lowest BCUT2D eigenvalue weighted by Gasteiger charge is -2.23. The Hall–Kier alpha value is -3.84. The van der Waals surface area contributed by atoms with Crippen molar-refractivity contribution in [3.63, 3.8) is 0 Å². The highest BCUT2D eigenvalue weighted by atomic mass is 32.1. The van der Waals surface area contributed by atoms with Crippen molar-refractivity contribution < 1.29 is 4.92 Å². The number of thiophene rings is 1. The molecule has 0 aliphatic carbocycles. The van der Waals surface area contributed by atoms with Crippen LogP contribution in [-0.2, 0) is 0 Å². The quantitative estimate of drug-likeness (QED) is 0.177. The molecule has 0 N–H and O–H groups in total. The Labute approximate surface area is 184 Å². The monoisotopic (exact) mass is 428 g/mol. The molecule has 0 spiro atoms. The highest BCUT2D eigenvalue weighted by molar-refractivity contribution is 7.19. The topological polar surface area (TPSA) is 71.1 Å². The molecule has 0 atom stereocenters. The van der Waals surface area contributed by atoms with Crippen LogP contribution in [0.2, 0.25) is 0 Å². The standard InChI is InChI=1S/C24H20N4O2S/c1-17-3-9-20(10-4-17)27(21-11-5-18(2)6-12-21)24-16-15-23(31-24)26-25-19-7-13-22(14-8-19)28(29)30/h3-16H,1-2H3. The third-order valence-electron chi connectivity index (χ3n) is 4.71. The van der Waals surface area contributed by atoms with Crippen molar-refractivity contribution in [1.82, 2.24) is 0 Å². The number of benzene rings is 3. The summed E-state index contributed by atoms with van der Waals surface area (Å²) in [5, 5.41) is 21.1. The van der Waals surface area contributed by atoms with Gasteiger partial charge in [0.2, 0.25) is 0 Å². The molecule has 0 saturated carbocycles. The lowest BCUT2D eigenvalue weighted by atomic mass is 10.1. The lowest BCUT2D eigenvalue weighted by Crippen LogP contribution is -2.08. The number of hydrogen-bond donors (Lipinski definition) is 0. The maximum absolute atomic E-state index is 10.8. The van der Waals surface area contributed by atoms with E-state index in [9.17, 15) is 10.1 Å². The van der Waals surface area contributed by atoms with Gasteiger partial charge in [0.25, 0.3) is 5.69 Å². The lowest BCUT2D eigenvalue weighted by molar-refractivity contribution is -0.384. The Morgan fingerprint density at radius 1 is 0.742 bits per heavy atom. The Morgan fingerprint density at radius 3 is 1.81 bits per heavy atom. The van der Waals surface area contributed by atoms with Crippen LogP contribution in [-0.4, -0.2) is 4.92 Å². The molecule has 0 fully saturated rings.